The fraction of sp³-hybridized carbons (Fsp3) is 0.520. The third kappa shape index (κ3) is 4.61. The third-order valence-corrected chi connectivity index (χ3v) is 7.08. The lowest BCUT2D eigenvalue weighted by molar-refractivity contribution is -0.131. The van der Waals surface area contributed by atoms with E-state index >= 15 is 0 Å². The van der Waals surface area contributed by atoms with Crippen molar-refractivity contribution >= 4 is 11.9 Å². The summed E-state index contributed by atoms with van der Waals surface area (Å²) in [5, 5.41) is 10.4. The standard InChI is InChI=1S/C25H34N6O/c1-30-17-26-15-22(30)8-4-5-9-24(32)31-11-10-23-20(16-31)14-27-25(29-23)28-21-12-18-6-2-3-7-19(18)13-21/h2-3,6-7,14-15,21,23,26H,4-5,8-13,16-17H2,1H3,(H2,27,28,29). The highest BCUT2D eigenvalue weighted by molar-refractivity contribution is 5.83. The number of unbranched alkanes of at least 4 members (excludes halogenated alkanes) is 1. The van der Waals surface area contributed by atoms with Crippen molar-refractivity contribution in [2.45, 2.75) is 57.0 Å². The highest BCUT2D eigenvalue weighted by Gasteiger charge is 2.30. The number of fused-ring (bicyclic) bond motifs is 2. The number of hydrogen-bond acceptors (Lipinski definition) is 6. The van der Waals surface area contributed by atoms with Crippen molar-refractivity contribution in [2.75, 3.05) is 26.8 Å². The molecule has 0 bridgehead atoms. The summed E-state index contributed by atoms with van der Waals surface area (Å²) in [6.07, 6.45) is 10.7. The molecule has 1 aromatic carbocycles. The number of hydrogen-bond donors (Lipinski definition) is 3. The first kappa shape index (κ1) is 20.9. The molecule has 0 spiro atoms. The van der Waals surface area contributed by atoms with Crippen LogP contribution in [0.5, 0.6) is 0 Å². The molecule has 1 atom stereocenters. The van der Waals surface area contributed by atoms with Gasteiger partial charge in [0.25, 0.3) is 0 Å². The quantitative estimate of drug-likeness (QED) is 0.598. The van der Waals surface area contributed by atoms with Gasteiger partial charge in [-0.3, -0.25) is 4.79 Å². The van der Waals surface area contributed by atoms with E-state index in [1.807, 2.05) is 11.1 Å². The van der Waals surface area contributed by atoms with E-state index in [1.165, 1.54) is 22.4 Å². The summed E-state index contributed by atoms with van der Waals surface area (Å²) in [6, 6.07) is 9.35. The van der Waals surface area contributed by atoms with Crippen molar-refractivity contribution in [2.24, 2.45) is 4.99 Å². The van der Waals surface area contributed by atoms with Crippen molar-refractivity contribution in [3.05, 3.63) is 59.1 Å². The number of piperidine rings is 1. The molecule has 32 heavy (non-hydrogen) atoms. The van der Waals surface area contributed by atoms with Crippen molar-refractivity contribution < 1.29 is 4.79 Å². The van der Waals surface area contributed by atoms with E-state index < -0.39 is 0 Å². The second kappa shape index (κ2) is 9.27. The molecule has 4 aliphatic rings. The maximum atomic E-state index is 12.7. The molecular formula is C25H34N6O. The molecule has 5 rings (SSSR count). The zero-order valence-electron chi connectivity index (χ0n) is 18.9. The van der Waals surface area contributed by atoms with Crippen LogP contribution in [-0.2, 0) is 17.6 Å². The van der Waals surface area contributed by atoms with Crippen LogP contribution in [0, 0.1) is 0 Å². The van der Waals surface area contributed by atoms with Crippen LogP contribution < -0.4 is 16.0 Å². The molecule has 1 fully saturated rings. The first-order valence-electron chi connectivity index (χ1n) is 11.9. The number of guanidine groups is 1. The zero-order valence-corrected chi connectivity index (χ0v) is 18.9. The summed E-state index contributed by atoms with van der Waals surface area (Å²) in [6.45, 7) is 2.40. The molecule has 3 N–H and O–H groups in total. The Morgan fingerprint density at radius 2 is 2.03 bits per heavy atom. The molecule has 0 aromatic heterocycles. The molecule has 0 saturated carbocycles. The van der Waals surface area contributed by atoms with Gasteiger partial charge >= 0.3 is 0 Å². The highest BCUT2D eigenvalue weighted by Crippen LogP contribution is 2.23. The van der Waals surface area contributed by atoms with Crippen LogP contribution in [0.3, 0.4) is 0 Å². The molecule has 3 aliphatic heterocycles. The minimum absolute atomic E-state index is 0.271. The van der Waals surface area contributed by atoms with Crippen LogP contribution >= 0.6 is 0 Å². The van der Waals surface area contributed by atoms with Crippen molar-refractivity contribution in [1.29, 1.82) is 0 Å². The largest absolute Gasteiger partial charge is 0.372 e. The maximum Gasteiger partial charge on any atom is 0.222 e. The van der Waals surface area contributed by atoms with Crippen molar-refractivity contribution in [3.8, 4) is 0 Å². The molecular weight excluding hydrogens is 400 g/mol. The first-order chi connectivity index (χ1) is 15.7. The summed E-state index contributed by atoms with van der Waals surface area (Å²) in [7, 11) is 2.10. The number of carbonyl (C=O) groups is 1. The van der Waals surface area contributed by atoms with Crippen LogP contribution in [-0.4, -0.2) is 60.6 Å². The van der Waals surface area contributed by atoms with E-state index in [1.54, 1.807) is 0 Å². The van der Waals surface area contributed by atoms with Crippen molar-refractivity contribution in [3.63, 3.8) is 0 Å². The molecule has 0 radical (unpaired) electrons. The van der Waals surface area contributed by atoms with Gasteiger partial charge < -0.3 is 25.8 Å². The van der Waals surface area contributed by atoms with E-state index in [2.05, 4.69) is 63.4 Å². The highest BCUT2D eigenvalue weighted by atomic mass is 16.2. The van der Waals surface area contributed by atoms with Gasteiger partial charge in [-0.05, 0) is 55.2 Å². The fourth-order valence-corrected chi connectivity index (χ4v) is 5.19. The van der Waals surface area contributed by atoms with Crippen LogP contribution in [0.1, 0.15) is 43.2 Å². The lowest BCUT2D eigenvalue weighted by Crippen LogP contribution is -2.54. The second-order valence-corrected chi connectivity index (χ2v) is 9.40. The molecule has 170 valence electrons. The summed E-state index contributed by atoms with van der Waals surface area (Å²) in [5.74, 6) is 1.14. The Balaban J connectivity index is 1.08. The van der Waals surface area contributed by atoms with Crippen molar-refractivity contribution in [1.82, 2.24) is 25.8 Å². The number of nitrogens with one attached hydrogen (secondary N) is 3. The monoisotopic (exact) mass is 434 g/mol. The van der Waals surface area contributed by atoms with E-state index in [0.717, 1.165) is 57.7 Å². The van der Waals surface area contributed by atoms with Gasteiger partial charge in [-0.25, -0.2) is 4.99 Å². The summed E-state index contributed by atoms with van der Waals surface area (Å²) < 4.78 is 0. The van der Waals surface area contributed by atoms with E-state index in [0.29, 0.717) is 19.0 Å². The summed E-state index contributed by atoms with van der Waals surface area (Å²) in [5.41, 5.74) is 5.43. The lowest BCUT2D eigenvalue weighted by Gasteiger charge is -2.37. The second-order valence-electron chi connectivity index (χ2n) is 9.40. The van der Waals surface area contributed by atoms with E-state index in [-0.39, 0.29) is 11.9 Å². The SMILES string of the molecule is CN1CNC=C1CCCCC(=O)N1CCC2NC(NC3Cc4ccccc4C3)=NC=C2C1. The van der Waals surface area contributed by atoms with Crippen LogP contribution in [0.2, 0.25) is 0 Å². The predicted molar refractivity (Wildman–Crippen MR) is 127 cm³/mol. The zero-order chi connectivity index (χ0) is 21.9. The van der Waals surface area contributed by atoms with Gasteiger partial charge in [-0.1, -0.05) is 24.3 Å². The fourth-order valence-electron chi connectivity index (χ4n) is 5.19. The average molecular weight is 435 g/mol. The molecule has 1 aliphatic carbocycles. The first-order valence-corrected chi connectivity index (χ1v) is 11.9. The van der Waals surface area contributed by atoms with Gasteiger partial charge in [-0.2, -0.15) is 0 Å². The van der Waals surface area contributed by atoms with Gasteiger partial charge in [0.05, 0.1) is 12.7 Å². The normalized spacial score (nSPS) is 22.3. The molecule has 3 heterocycles. The maximum absolute atomic E-state index is 12.7. The van der Waals surface area contributed by atoms with Crippen LogP contribution in [0.15, 0.2) is 52.9 Å². The van der Waals surface area contributed by atoms with Gasteiger partial charge in [0, 0.05) is 50.7 Å². The van der Waals surface area contributed by atoms with Gasteiger partial charge in [0.2, 0.25) is 5.91 Å². The summed E-state index contributed by atoms with van der Waals surface area (Å²) >= 11 is 0. The smallest absolute Gasteiger partial charge is 0.222 e. The number of benzene rings is 1. The van der Waals surface area contributed by atoms with Crippen LogP contribution in [0.4, 0.5) is 0 Å². The molecule has 1 amide bonds. The Labute approximate surface area is 190 Å². The van der Waals surface area contributed by atoms with Gasteiger partial charge in [-0.15, -0.1) is 0 Å². The molecule has 7 heteroatoms. The third-order valence-electron chi connectivity index (χ3n) is 7.08. The number of amides is 1. The molecule has 1 saturated heterocycles. The van der Waals surface area contributed by atoms with Gasteiger partial charge in [0.15, 0.2) is 5.96 Å². The summed E-state index contributed by atoms with van der Waals surface area (Å²) in [4.78, 5) is 21.6. The number of allylic oxidation sites excluding steroid dienone is 1. The number of carbonyl (C=O) groups excluding carboxylic acids is 1. The van der Waals surface area contributed by atoms with E-state index in [9.17, 15) is 4.79 Å². The Bertz CT molecular complexity index is 927. The van der Waals surface area contributed by atoms with Crippen LogP contribution in [0.25, 0.3) is 0 Å². The molecule has 7 nitrogen and oxygen atoms in total. The van der Waals surface area contributed by atoms with E-state index in [4.69, 9.17) is 0 Å². The minimum atomic E-state index is 0.271. The van der Waals surface area contributed by atoms with Gasteiger partial charge in [0.1, 0.15) is 0 Å². The number of likely N-dealkylation sites (tertiary alicyclic amines) is 1. The predicted octanol–water partition coefficient (Wildman–Crippen LogP) is 2.08. The number of nitrogens with zero attached hydrogens (tertiary/aromatic N) is 3. The Morgan fingerprint density at radius 1 is 1.22 bits per heavy atom. The number of rotatable bonds is 6. The Hall–Kier alpha value is -2.96. The minimum Gasteiger partial charge on any atom is -0.372 e. The lowest BCUT2D eigenvalue weighted by atomic mass is 9.98. The molecule has 1 aromatic rings. The topological polar surface area (TPSA) is 72.0 Å². The average Bonchev–Trinajstić information content (AvgIpc) is 3.41. The molecule has 1 unspecified atom stereocenters. The Kier molecular flexibility index (Phi) is 6.06. The Morgan fingerprint density at radius 3 is 2.78 bits per heavy atom. The number of aliphatic imine (C=N–C) groups is 1.